The Morgan fingerprint density at radius 2 is 1.44 bits per heavy atom. The van der Waals surface area contributed by atoms with Crippen LogP contribution < -0.4 is 15.2 Å². The number of nitrogens with two attached hydrogens (primary N) is 1. The summed E-state index contributed by atoms with van der Waals surface area (Å²) in [5, 5.41) is 4.58. The van der Waals surface area contributed by atoms with Crippen molar-refractivity contribution < 1.29 is 14.0 Å². The molecular formula is C26H25ClN2O3. The molecule has 1 heterocycles. The van der Waals surface area contributed by atoms with Gasteiger partial charge in [-0.2, -0.15) is 0 Å². The van der Waals surface area contributed by atoms with Gasteiger partial charge in [0.2, 0.25) is 0 Å². The van der Waals surface area contributed by atoms with Gasteiger partial charge < -0.3 is 19.7 Å². The topological polar surface area (TPSA) is 70.5 Å². The van der Waals surface area contributed by atoms with Gasteiger partial charge in [-0.05, 0) is 17.2 Å². The molecule has 0 saturated carbocycles. The van der Waals surface area contributed by atoms with Crippen LogP contribution in [-0.2, 0) is 13.2 Å². The van der Waals surface area contributed by atoms with E-state index in [1.165, 1.54) is 0 Å². The van der Waals surface area contributed by atoms with E-state index in [0.29, 0.717) is 52.4 Å². The van der Waals surface area contributed by atoms with E-state index in [2.05, 4.69) is 5.16 Å². The summed E-state index contributed by atoms with van der Waals surface area (Å²) in [4.78, 5) is 0. The van der Waals surface area contributed by atoms with Gasteiger partial charge in [0, 0.05) is 12.0 Å². The van der Waals surface area contributed by atoms with Crippen molar-refractivity contribution >= 4 is 17.3 Å². The molecule has 4 rings (SSSR count). The van der Waals surface area contributed by atoms with Crippen LogP contribution in [0.25, 0.3) is 11.3 Å². The summed E-state index contributed by atoms with van der Waals surface area (Å²) >= 11 is 6.57. The molecule has 1 aromatic heterocycles. The minimum Gasteiger partial charge on any atom is -0.488 e. The van der Waals surface area contributed by atoms with E-state index < -0.39 is 0 Å². The molecule has 0 saturated heterocycles. The number of nitrogen functional groups attached to an aromatic ring is 1. The maximum atomic E-state index is 6.57. The lowest BCUT2D eigenvalue weighted by molar-refractivity contribution is 0.290. The fraction of sp³-hybridized carbons (Fsp3) is 0.192. The lowest BCUT2D eigenvalue weighted by atomic mass is 10.0. The quantitative estimate of drug-likeness (QED) is 0.319. The lowest BCUT2D eigenvalue weighted by Crippen LogP contribution is -2.01. The Morgan fingerprint density at radius 1 is 0.875 bits per heavy atom. The smallest absolute Gasteiger partial charge is 0.193 e. The van der Waals surface area contributed by atoms with E-state index >= 15 is 0 Å². The molecule has 164 valence electrons. The van der Waals surface area contributed by atoms with Crippen molar-refractivity contribution in [1.29, 1.82) is 0 Å². The van der Waals surface area contributed by atoms with Gasteiger partial charge in [0.25, 0.3) is 0 Å². The Kier molecular flexibility index (Phi) is 6.66. The van der Waals surface area contributed by atoms with Gasteiger partial charge in [0.05, 0.1) is 10.6 Å². The second-order valence-electron chi connectivity index (χ2n) is 7.79. The zero-order valence-electron chi connectivity index (χ0n) is 18.0. The summed E-state index contributed by atoms with van der Waals surface area (Å²) < 4.78 is 17.8. The van der Waals surface area contributed by atoms with E-state index in [1.807, 2.05) is 74.5 Å². The molecule has 0 atom stereocenters. The predicted octanol–water partition coefficient (Wildman–Crippen LogP) is 6.86. The van der Waals surface area contributed by atoms with Gasteiger partial charge >= 0.3 is 0 Å². The van der Waals surface area contributed by atoms with Crippen molar-refractivity contribution in [3.05, 3.63) is 94.6 Å². The number of nitrogens with zero attached hydrogens (tertiary/aromatic N) is 1. The largest absolute Gasteiger partial charge is 0.488 e. The average Bonchev–Trinajstić information content (AvgIpc) is 3.20. The molecule has 3 aromatic carbocycles. The molecule has 0 aliphatic rings. The molecule has 0 spiro atoms. The van der Waals surface area contributed by atoms with E-state index in [1.54, 1.807) is 12.1 Å². The highest BCUT2D eigenvalue weighted by Crippen LogP contribution is 2.43. The predicted molar refractivity (Wildman–Crippen MR) is 127 cm³/mol. The van der Waals surface area contributed by atoms with Gasteiger partial charge in [-0.3, -0.25) is 0 Å². The Bertz CT molecular complexity index is 1170. The highest BCUT2D eigenvalue weighted by atomic mass is 35.5. The van der Waals surface area contributed by atoms with Crippen molar-refractivity contribution in [3.8, 4) is 22.8 Å². The van der Waals surface area contributed by atoms with Crippen LogP contribution in [0.5, 0.6) is 11.5 Å². The molecule has 0 radical (unpaired) electrons. The summed E-state index contributed by atoms with van der Waals surface area (Å²) in [5.74, 6) is 1.64. The molecule has 0 fully saturated rings. The molecule has 6 heteroatoms. The number of hydrogen-bond donors (Lipinski definition) is 1. The Labute approximate surface area is 192 Å². The summed E-state index contributed by atoms with van der Waals surface area (Å²) in [6.45, 7) is 4.79. The highest BCUT2D eigenvalue weighted by Gasteiger charge is 2.22. The molecule has 0 bridgehead atoms. The normalized spacial score (nSPS) is 11.0. The van der Waals surface area contributed by atoms with Gasteiger partial charge in [-0.25, -0.2) is 0 Å². The summed E-state index contributed by atoms with van der Waals surface area (Å²) in [6, 6.07) is 23.3. The summed E-state index contributed by atoms with van der Waals surface area (Å²) in [7, 11) is 0. The number of benzene rings is 3. The molecule has 5 nitrogen and oxygen atoms in total. The van der Waals surface area contributed by atoms with Crippen LogP contribution in [0.2, 0.25) is 5.02 Å². The second-order valence-corrected chi connectivity index (χ2v) is 8.20. The molecule has 0 aliphatic carbocycles. The Morgan fingerprint density at radius 3 is 1.97 bits per heavy atom. The third-order valence-electron chi connectivity index (χ3n) is 5.06. The first-order chi connectivity index (χ1) is 15.5. The minimum atomic E-state index is 0.130. The SMILES string of the molecule is CC(C)c1noc(-c2cc(Cl)c(OCc3ccccc3)cc2OCc2ccccc2)c1N. The zero-order valence-corrected chi connectivity index (χ0v) is 18.8. The van der Waals surface area contributed by atoms with Gasteiger partial charge in [0.15, 0.2) is 5.76 Å². The molecule has 2 N–H and O–H groups in total. The van der Waals surface area contributed by atoms with Crippen LogP contribution >= 0.6 is 11.6 Å². The summed E-state index contributed by atoms with van der Waals surface area (Å²) in [5.41, 5.74) is 10.2. The molecule has 0 aliphatic heterocycles. The first-order valence-corrected chi connectivity index (χ1v) is 10.8. The fourth-order valence-electron chi connectivity index (χ4n) is 3.33. The molecular weight excluding hydrogens is 424 g/mol. The van der Waals surface area contributed by atoms with Crippen molar-refractivity contribution in [1.82, 2.24) is 5.16 Å². The number of rotatable bonds is 8. The van der Waals surface area contributed by atoms with E-state index in [-0.39, 0.29) is 5.92 Å². The number of anilines is 1. The zero-order chi connectivity index (χ0) is 22.5. The van der Waals surface area contributed by atoms with E-state index in [0.717, 1.165) is 11.1 Å². The Balaban J connectivity index is 1.68. The first kappa shape index (κ1) is 21.8. The number of ether oxygens (including phenoxy) is 2. The van der Waals surface area contributed by atoms with Gasteiger partial charge in [0.1, 0.15) is 36.1 Å². The lowest BCUT2D eigenvalue weighted by Gasteiger charge is -2.15. The molecule has 0 unspecified atom stereocenters. The maximum Gasteiger partial charge on any atom is 0.193 e. The number of hydrogen-bond acceptors (Lipinski definition) is 5. The minimum absolute atomic E-state index is 0.130. The van der Waals surface area contributed by atoms with E-state index in [4.69, 9.17) is 31.3 Å². The van der Waals surface area contributed by atoms with Gasteiger partial charge in [-0.15, -0.1) is 0 Å². The molecule has 4 aromatic rings. The monoisotopic (exact) mass is 448 g/mol. The molecule has 32 heavy (non-hydrogen) atoms. The average molecular weight is 449 g/mol. The van der Waals surface area contributed by atoms with Gasteiger partial charge in [-0.1, -0.05) is 91.3 Å². The van der Waals surface area contributed by atoms with Crippen LogP contribution in [0.4, 0.5) is 5.69 Å². The standard InChI is InChI=1S/C26H25ClN2O3/c1-17(2)25-24(28)26(32-29-25)20-13-21(27)23(31-16-19-11-7-4-8-12-19)14-22(20)30-15-18-9-5-3-6-10-18/h3-14,17H,15-16,28H2,1-2H3. The van der Waals surface area contributed by atoms with Crippen LogP contribution in [0.3, 0.4) is 0 Å². The van der Waals surface area contributed by atoms with Crippen molar-refractivity contribution in [2.45, 2.75) is 33.0 Å². The molecule has 0 amide bonds. The van der Waals surface area contributed by atoms with Crippen LogP contribution in [0.1, 0.15) is 36.6 Å². The highest BCUT2D eigenvalue weighted by molar-refractivity contribution is 6.32. The number of halogens is 1. The van der Waals surface area contributed by atoms with Crippen molar-refractivity contribution in [2.75, 3.05) is 5.73 Å². The fourth-order valence-corrected chi connectivity index (χ4v) is 3.55. The maximum absolute atomic E-state index is 6.57. The van der Waals surface area contributed by atoms with Crippen LogP contribution in [0, 0.1) is 0 Å². The second kappa shape index (κ2) is 9.79. The number of aromatic nitrogens is 1. The third kappa shape index (κ3) is 4.89. The Hall–Kier alpha value is -3.44. The van der Waals surface area contributed by atoms with Crippen LogP contribution in [0.15, 0.2) is 77.3 Å². The van der Waals surface area contributed by atoms with Crippen molar-refractivity contribution in [3.63, 3.8) is 0 Å². The van der Waals surface area contributed by atoms with E-state index in [9.17, 15) is 0 Å². The summed E-state index contributed by atoms with van der Waals surface area (Å²) in [6.07, 6.45) is 0. The van der Waals surface area contributed by atoms with Crippen molar-refractivity contribution in [2.24, 2.45) is 0 Å². The first-order valence-electron chi connectivity index (χ1n) is 10.5. The van der Waals surface area contributed by atoms with Crippen LogP contribution in [-0.4, -0.2) is 5.16 Å². The third-order valence-corrected chi connectivity index (χ3v) is 5.35.